The van der Waals surface area contributed by atoms with Gasteiger partial charge in [0, 0.05) is 25.2 Å². The van der Waals surface area contributed by atoms with Crippen LogP contribution in [0.5, 0.6) is 5.75 Å². The van der Waals surface area contributed by atoms with E-state index in [4.69, 9.17) is 9.26 Å². The highest BCUT2D eigenvalue weighted by molar-refractivity contribution is 5.94. The quantitative estimate of drug-likeness (QED) is 0.384. The molecule has 3 rings (SSSR count). The van der Waals surface area contributed by atoms with E-state index in [9.17, 15) is 4.79 Å². The van der Waals surface area contributed by atoms with E-state index in [1.807, 2.05) is 24.3 Å². The Kier molecular flexibility index (Phi) is 6.52. The fourth-order valence-corrected chi connectivity index (χ4v) is 2.86. The zero-order valence-electron chi connectivity index (χ0n) is 16.5. The third kappa shape index (κ3) is 5.25. The Labute approximate surface area is 164 Å². The standard InChI is InChI=1S/C20H27N5O3/c1-13(2)18-11-16(28-25-18)12-23-20(21-3)22-8-9-27-15-5-6-17-14(10-15)4-7-19(26)24-17/h5-6,10-11,13H,4,7-9,12H2,1-3H3,(H,24,26)(H2,21,22,23). The van der Waals surface area contributed by atoms with Crippen LogP contribution >= 0.6 is 0 Å². The second-order valence-corrected chi connectivity index (χ2v) is 6.94. The van der Waals surface area contributed by atoms with Gasteiger partial charge in [-0.1, -0.05) is 19.0 Å². The molecule has 150 valence electrons. The summed E-state index contributed by atoms with van der Waals surface area (Å²) in [5.74, 6) is 2.63. The van der Waals surface area contributed by atoms with Gasteiger partial charge in [-0.15, -0.1) is 0 Å². The first kappa shape index (κ1) is 19.7. The first-order valence-corrected chi connectivity index (χ1v) is 9.50. The van der Waals surface area contributed by atoms with E-state index in [0.29, 0.717) is 38.0 Å². The molecule has 28 heavy (non-hydrogen) atoms. The Morgan fingerprint density at radius 3 is 2.93 bits per heavy atom. The summed E-state index contributed by atoms with van der Waals surface area (Å²) in [7, 11) is 1.72. The van der Waals surface area contributed by atoms with Gasteiger partial charge >= 0.3 is 0 Å². The fraction of sp³-hybridized carbons (Fsp3) is 0.450. The minimum absolute atomic E-state index is 0.0648. The van der Waals surface area contributed by atoms with E-state index >= 15 is 0 Å². The fourth-order valence-electron chi connectivity index (χ4n) is 2.86. The minimum Gasteiger partial charge on any atom is -0.492 e. The second kappa shape index (κ2) is 9.25. The van der Waals surface area contributed by atoms with E-state index in [0.717, 1.165) is 34.9 Å². The summed E-state index contributed by atoms with van der Waals surface area (Å²) < 4.78 is 11.1. The number of nitrogens with zero attached hydrogens (tertiary/aromatic N) is 2. The van der Waals surface area contributed by atoms with E-state index < -0.39 is 0 Å². The van der Waals surface area contributed by atoms with Crippen molar-refractivity contribution in [2.24, 2.45) is 4.99 Å². The van der Waals surface area contributed by atoms with Gasteiger partial charge in [-0.05, 0) is 36.1 Å². The Morgan fingerprint density at radius 1 is 1.32 bits per heavy atom. The van der Waals surface area contributed by atoms with Crippen LogP contribution in [0.1, 0.15) is 43.2 Å². The van der Waals surface area contributed by atoms with Gasteiger partial charge in [0.05, 0.1) is 18.8 Å². The summed E-state index contributed by atoms with van der Waals surface area (Å²) in [5.41, 5.74) is 2.92. The zero-order chi connectivity index (χ0) is 19.9. The van der Waals surface area contributed by atoms with Crippen molar-refractivity contribution in [2.45, 2.75) is 39.2 Å². The van der Waals surface area contributed by atoms with Crippen LogP contribution in [0.3, 0.4) is 0 Å². The van der Waals surface area contributed by atoms with Crippen molar-refractivity contribution in [2.75, 3.05) is 25.5 Å². The van der Waals surface area contributed by atoms with Crippen LogP contribution in [0, 0.1) is 0 Å². The maximum atomic E-state index is 11.4. The van der Waals surface area contributed by atoms with Gasteiger partial charge in [-0.2, -0.15) is 0 Å². The highest BCUT2D eigenvalue weighted by Crippen LogP contribution is 2.26. The summed E-state index contributed by atoms with van der Waals surface area (Å²) in [6.07, 6.45) is 1.26. The van der Waals surface area contributed by atoms with Gasteiger partial charge in [-0.3, -0.25) is 9.79 Å². The normalized spacial score (nSPS) is 13.9. The number of carbonyl (C=O) groups is 1. The molecule has 2 aromatic rings. The molecule has 0 radical (unpaired) electrons. The summed E-state index contributed by atoms with van der Waals surface area (Å²) in [6.45, 7) is 5.76. The average molecular weight is 385 g/mol. The van der Waals surface area contributed by atoms with Crippen LogP contribution in [0.2, 0.25) is 0 Å². The first-order chi connectivity index (χ1) is 13.5. The Morgan fingerprint density at radius 2 is 2.18 bits per heavy atom. The van der Waals surface area contributed by atoms with E-state index in [2.05, 4.69) is 39.9 Å². The number of aryl methyl sites for hydroxylation is 1. The van der Waals surface area contributed by atoms with Crippen LogP contribution in [0.4, 0.5) is 5.69 Å². The molecule has 1 aromatic heterocycles. The first-order valence-electron chi connectivity index (χ1n) is 9.50. The second-order valence-electron chi connectivity index (χ2n) is 6.94. The summed E-state index contributed by atoms with van der Waals surface area (Å²) in [5, 5.41) is 13.3. The minimum atomic E-state index is 0.0648. The van der Waals surface area contributed by atoms with Gasteiger partial charge in [0.15, 0.2) is 11.7 Å². The third-order valence-corrected chi connectivity index (χ3v) is 4.46. The highest BCUT2D eigenvalue weighted by atomic mass is 16.5. The molecular formula is C20H27N5O3. The van der Waals surface area contributed by atoms with Crippen LogP contribution < -0.4 is 20.7 Å². The largest absolute Gasteiger partial charge is 0.492 e. The Bertz CT molecular complexity index is 844. The molecule has 1 aromatic carbocycles. The molecule has 0 saturated carbocycles. The molecule has 0 unspecified atom stereocenters. The molecular weight excluding hydrogens is 358 g/mol. The number of aromatic nitrogens is 1. The maximum absolute atomic E-state index is 11.4. The lowest BCUT2D eigenvalue weighted by Gasteiger charge is -2.18. The molecule has 2 heterocycles. The number of fused-ring (bicyclic) bond motifs is 1. The van der Waals surface area contributed by atoms with Crippen LogP contribution in [0.25, 0.3) is 0 Å². The lowest BCUT2D eigenvalue weighted by Crippen LogP contribution is -2.38. The van der Waals surface area contributed by atoms with Crippen LogP contribution in [-0.4, -0.2) is 37.2 Å². The number of rotatable bonds is 7. The van der Waals surface area contributed by atoms with E-state index in [1.165, 1.54) is 0 Å². The van der Waals surface area contributed by atoms with Gasteiger partial charge in [0.1, 0.15) is 12.4 Å². The van der Waals surface area contributed by atoms with Gasteiger partial charge in [0.2, 0.25) is 5.91 Å². The van der Waals surface area contributed by atoms with Crippen molar-refractivity contribution in [3.63, 3.8) is 0 Å². The van der Waals surface area contributed by atoms with Crippen molar-refractivity contribution in [3.8, 4) is 5.75 Å². The van der Waals surface area contributed by atoms with Crippen molar-refractivity contribution in [1.29, 1.82) is 0 Å². The van der Waals surface area contributed by atoms with E-state index in [1.54, 1.807) is 7.05 Å². The number of hydrogen-bond donors (Lipinski definition) is 3. The van der Waals surface area contributed by atoms with Crippen LogP contribution in [0.15, 0.2) is 33.8 Å². The molecule has 0 spiro atoms. The molecule has 0 fully saturated rings. The van der Waals surface area contributed by atoms with Gasteiger partial charge in [-0.25, -0.2) is 0 Å². The predicted molar refractivity (Wildman–Crippen MR) is 108 cm³/mol. The van der Waals surface area contributed by atoms with Crippen molar-refractivity contribution >= 4 is 17.6 Å². The number of ether oxygens (including phenoxy) is 1. The highest BCUT2D eigenvalue weighted by Gasteiger charge is 2.15. The van der Waals surface area contributed by atoms with E-state index in [-0.39, 0.29) is 5.91 Å². The third-order valence-electron chi connectivity index (χ3n) is 4.46. The number of anilines is 1. The molecule has 0 saturated heterocycles. The summed E-state index contributed by atoms with van der Waals surface area (Å²) in [4.78, 5) is 15.6. The van der Waals surface area contributed by atoms with Gasteiger partial charge < -0.3 is 25.2 Å². The molecule has 0 atom stereocenters. The van der Waals surface area contributed by atoms with Crippen LogP contribution in [-0.2, 0) is 17.8 Å². The molecule has 8 heteroatoms. The molecule has 8 nitrogen and oxygen atoms in total. The zero-order valence-corrected chi connectivity index (χ0v) is 16.5. The molecule has 3 N–H and O–H groups in total. The molecule has 1 aliphatic rings. The Balaban J connectivity index is 1.40. The molecule has 1 amide bonds. The number of hydrogen-bond acceptors (Lipinski definition) is 5. The number of nitrogens with one attached hydrogen (secondary N) is 3. The number of benzene rings is 1. The number of carbonyl (C=O) groups excluding carboxylic acids is 1. The predicted octanol–water partition coefficient (Wildman–Crippen LogP) is 2.43. The van der Waals surface area contributed by atoms with Crippen molar-refractivity contribution < 1.29 is 14.1 Å². The average Bonchev–Trinajstić information content (AvgIpc) is 3.17. The Hall–Kier alpha value is -3.03. The van der Waals surface area contributed by atoms with Crippen molar-refractivity contribution in [1.82, 2.24) is 15.8 Å². The number of amides is 1. The smallest absolute Gasteiger partial charge is 0.224 e. The molecule has 1 aliphatic heterocycles. The lowest BCUT2D eigenvalue weighted by atomic mass is 10.0. The number of aliphatic imine (C=N–C) groups is 1. The molecule has 0 bridgehead atoms. The summed E-state index contributed by atoms with van der Waals surface area (Å²) >= 11 is 0. The summed E-state index contributed by atoms with van der Waals surface area (Å²) in [6, 6.07) is 7.69. The van der Waals surface area contributed by atoms with Crippen molar-refractivity contribution in [3.05, 3.63) is 41.3 Å². The van der Waals surface area contributed by atoms with Gasteiger partial charge in [0.25, 0.3) is 0 Å². The molecule has 0 aliphatic carbocycles. The SMILES string of the molecule is CN=C(NCCOc1ccc2c(c1)CCC(=O)N2)NCc1cc(C(C)C)no1. The monoisotopic (exact) mass is 385 g/mol. The lowest BCUT2D eigenvalue weighted by molar-refractivity contribution is -0.116. The maximum Gasteiger partial charge on any atom is 0.224 e. The topological polar surface area (TPSA) is 101 Å². The number of guanidine groups is 1.